The van der Waals surface area contributed by atoms with Crippen LogP contribution in [0.15, 0.2) is 71.8 Å². The van der Waals surface area contributed by atoms with Crippen molar-refractivity contribution in [1.82, 2.24) is 20.0 Å². The van der Waals surface area contributed by atoms with Crippen molar-refractivity contribution in [3.05, 3.63) is 83.2 Å². The Morgan fingerprint density at radius 1 is 1.26 bits per heavy atom. The highest BCUT2D eigenvalue weighted by molar-refractivity contribution is 5.95. The smallest absolute Gasteiger partial charge is 0.253 e. The Hall–Kier alpha value is -3.54. The molecule has 178 valence electrons. The van der Waals surface area contributed by atoms with Crippen LogP contribution >= 0.6 is 0 Å². The van der Waals surface area contributed by atoms with Crippen molar-refractivity contribution in [2.75, 3.05) is 26.3 Å². The van der Waals surface area contributed by atoms with Gasteiger partial charge in [-0.15, -0.1) is 5.73 Å². The second kappa shape index (κ2) is 11.1. The van der Waals surface area contributed by atoms with Gasteiger partial charge in [0, 0.05) is 41.7 Å². The molecule has 0 unspecified atom stereocenters. The van der Waals surface area contributed by atoms with E-state index in [1.807, 2.05) is 17.7 Å². The van der Waals surface area contributed by atoms with E-state index in [2.05, 4.69) is 59.0 Å². The highest BCUT2D eigenvalue weighted by atomic mass is 16.5. The normalized spacial score (nSPS) is 18.9. The topological polar surface area (TPSA) is 85.4 Å². The minimum atomic E-state index is -0.181. The van der Waals surface area contributed by atoms with Crippen LogP contribution in [-0.4, -0.2) is 46.9 Å². The molecular formula is C27H33N5O2. The summed E-state index contributed by atoms with van der Waals surface area (Å²) in [7, 11) is 0. The molecule has 0 saturated carbocycles. The van der Waals surface area contributed by atoms with Crippen LogP contribution in [0.5, 0.6) is 0 Å². The number of aryl methyl sites for hydroxylation is 1. The number of rotatable bonds is 6. The summed E-state index contributed by atoms with van der Waals surface area (Å²) in [6.45, 7) is 8.56. The van der Waals surface area contributed by atoms with Gasteiger partial charge in [0.15, 0.2) is 0 Å². The fourth-order valence-corrected chi connectivity index (χ4v) is 4.32. The van der Waals surface area contributed by atoms with Crippen molar-refractivity contribution in [1.29, 1.82) is 0 Å². The first-order valence-electron chi connectivity index (χ1n) is 11.9. The third-order valence-electron chi connectivity index (χ3n) is 6.21. The van der Waals surface area contributed by atoms with E-state index in [1.165, 1.54) is 0 Å². The first kappa shape index (κ1) is 23.6. The van der Waals surface area contributed by atoms with E-state index < -0.39 is 0 Å². The Labute approximate surface area is 201 Å². The number of nitrogens with one attached hydrogen (secondary N) is 1. The van der Waals surface area contributed by atoms with Gasteiger partial charge in [-0.3, -0.25) is 4.79 Å². The minimum Gasteiger partial charge on any atom is -0.402 e. The molecule has 1 aromatic rings. The maximum atomic E-state index is 12.9. The number of hydrogen-bond donors (Lipinski definition) is 2. The standard InChI is InChI=1S/C27H33N5O2/c1-3-22(29-27(33)23-12-8-9-13-24(23)28)19-26(31-14-16-34-17-15-31)32-20(2)18-25(30-32)21-10-6-4-5-7-11-21/h4,6-7,10-11,18-19H,1,5,8-9,12-17,28H2,2H3,(H,29,33)/b26-19-. The summed E-state index contributed by atoms with van der Waals surface area (Å²) in [5.74, 6) is 0.664. The fraction of sp³-hybridized carbons (Fsp3) is 0.370. The molecular weight excluding hydrogens is 426 g/mol. The van der Waals surface area contributed by atoms with E-state index in [4.69, 9.17) is 15.6 Å². The number of morpholine rings is 1. The highest BCUT2D eigenvalue weighted by Gasteiger charge is 2.21. The van der Waals surface area contributed by atoms with Crippen LogP contribution in [-0.2, 0) is 9.53 Å². The zero-order valence-electron chi connectivity index (χ0n) is 19.8. The van der Waals surface area contributed by atoms with Gasteiger partial charge in [0.1, 0.15) is 5.82 Å². The molecule has 0 bridgehead atoms. The van der Waals surface area contributed by atoms with Crippen molar-refractivity contribution in [3.63, 3.8) is 0 Å². The first-order chi connectivity index (χ1) is 16.6. The van der Waals surface area contributed by atoms with E-state index in [0.29, 0.717) is 36.6 Å². The van der Waals surface area contributed by atoms with E-state index in [0.717, 1.165) is 61.6 Å². The molecule has 1 fully saturated rings. The molecule has 2 aliphatic carbocycles. The lowest BCUT2D eigenvalue weighted by atomic mass is 9.96. The van der Waals surface area contributed by atoms with Gasteiger partial charge in [-0.25, -0.2) is 4.68 Å². The second-order valence-electron chi connectivity index (χ2n) is 8.63. The molecule has 1 saturated heterocycles. The minimum absolute atomic E-state index is 0.181. The second-order valence-corrected chi connectivity index (χ2v) is 8.63. The van der Waals surface area contributed by atoms with Gasteiger partial charge in [0.2, 0.25) is 0 Å². The molecule has 1 amide bonds. The average molecular weight is 460 g/mol. The summed E-state index contributed by atoms with van der Waals surface area (Å²) in [6, 6.07) is 2.08. The number of ether oxygens (including phenoxy) is 1. The van der Waals surface area contributed by atoms with E-state index in [9.17, 15) is 4.79 Å². The number of nitrogens with zero attached hydrogens (tertiary/aromatic N) is 3. The molecule has 0 atom stereocenters. The monoisotopic (exact) mass is 459 g/mol. The van der Waals surface area contributed by atoms with Gasteiger partial charge in [0.05, 0.1) is 24.6 Å². The van der Waals surface area contributed by atoms with Crippen LogP contribution < -0.4 is 11.1 Å². The molecule has 1 aliphatic heterocycles. The van der Waals surface area contributed by atoms with E-state index >= 15 is 0 Å². The van der Waals surface area contributed by atoms with Crippen molar-refractivity contribution in [2.45, 2.75) is 39.0 Å². The number of nitrogens with two attached hydrogens (primary N) is 1. The van der Waals surface area contributed by atoms with Crippen LogP contribution in [0.1, 0.15) is 43.5 Å². The Balaban J connectivity index is 1.67. The molecule has 4 rings (SSSR count). The van der Waals surface area contributed by atoms with Crippen LogP contribution in [0.2, 0.25) is 0 Å². The maximum Gasteiger partial charge on any atom is 0.253 e. The fourth-order valence-electron chi connectivity index (χ4n) is 4.32. The quantitative estimate of drug-likeness (QED) is 0.499. The van der Waals surface area contributed by atoms with Gasteiger partial charge >= 0.3 is 0 Å². The molecule has 34 heavy (non-hydrogen) atoms. The number of carbonyl (C=O) groups is 1. The zero-order valence-corrected chi connectivity index (χ0v) is 19.8. The lowest BCUT2D eigenvalue weighted by Crippen LogP contribution is -2.37. The Bertz CT molecular complexity index is 1140. The molecule has 0 aromatic carbocycles. The highest BCUT2D eigenvalue weighted by Crippen LogP contribution is 2.24. The van der Waals surface area contributed by atoms with Crippen LogP contribution in [0, 0.1) is 6.92 Å². The Kier molecular flexibility index (Phi) is 7.68. The summed E-state index contributed by atoms with van der Waals surface area (Å²) in [5, 5.41) is 7.89. The van der Waals surface area contributed by atoms with Crippen molar-refractivity contribution >= 4 is 17.3 Å². The van der Waals surface area contributed by atoms with Gasteiger partial charge in [-0.05, 0) is 45.1 Å². The van der Waals surface area contributed by atoms with E-state index in [1.54, 1.807) is 0 Å². The van der Waals surface area contributed by atoms with Gasteiger partial charge in [0.25, 0.3) is 5.91 Å². The van der Waals surface area contributed by atoms with Crippen LogP contribution in [0.4, 0.5) is 0 Å². The predicted octanol–water partition coefficient (Wildman–Crippen LogP) is 3.79. The molecule has 3 N–H and O–H groups in total. The first-order valence-corrected chi connectivity index (χ1v) is 11.9. The average Bonchev–Trinajstić information content (AvgIpc) is 3.05. The van der Waals surface area contributed by atoms with E-state index in [-0.39, 0.29) is 5.91 Å². The molecule has 7 heteroatoms. The number of aromatic nitrogens is 2. The number of carbonyl (C=O) groups excluding carboxylic acids is 1. The third-order valence-corrected chi connectivity index (χ3v) is 6.21. The number of amides is 1. The molecule has 3 aliphatic rings. The number of allylic oxidation sites excluding steroid dienone is 8. The summed E-state index contributed by atoms with van der Waals surface area (Å²) in [6.07, 6.45) is 16.7. The van der Waals surface area contributed by atoms with Gasteiger partial charge in [-0.2, -0.15) is 5.10 Å². The van der Waals surface area contributed by atoms with Gasteiger partial charge < -0.3 is 20.7 Å². The zero-order chi connectivity index (χ0) is 23.9. The molecule has 2 heterocycles. The molecule has 0 spiro atoms. The van der Waals surface area contributed by atoms with Crippen molar-refractivity contribution in [3.8, 4) is 0 Å². The maximum absolute atomic E-state index is 12.9. The van der Waals surface area contributed by atoms with Gasteiger partial charge in [-0.1, -0.05) is 37.0 Å². The summed E-state index contributed by atoms with van der Waals surface area (Å²) in [5.41, 5.74) is 13.8. The number of hydrogen-bond acceptors (Lipinski definition) is 5. The Morgan fingerprint density at radius 2 is 2.06 bits per heavy atom. The lowest BCUT2D eigenvalue weighted by molar-refractivity contribution is -0.117. The predicted molar refractivity (Wildman–Crippen MR) is 135 cm³/mol. The lowest BCUT2D eigenvalue weighted by Gasteiger charge is -2.31. The SMILES string of the molecule is C=C=C(/C=C(/N1CCOCC1)n1nc(C2=CC=CCC=C2)cc1C)NC(=O)C1=C(N)CCCC1. The molecule has 1 aromatic heterocycles. The summed E-state index contributed by atoms with van der Waals surface area (Å²) >= 11 is 0. The Morgan fingerprint density at radius 3 is 2.82 bits per heavy atom. The summed E-state index contributed by atoms with van der Waals surface area (Å²) in [4.78, 5) is 15.1. The summed E-state index contributed by atoms with van der Waals surface area (Å²) < 4.78 is 7.49. The van der Waals surface area contributed by atoms with Crippen molar-refractivity contribution in [2.24, 2.45) is 5.73 Å². The van der Waals surface area contributed by atoms with Crippen molar-refractivity contribution < 1.29 is 9.53 Å². The van der Waals surface area contributed by atoms with Crippen LogP contribution in [0.25, 0.3) is 11.4 Å². The molecule has 7 nitrogen and oxygen atoms in total. The van der Waals surface area contributed by atoms with Crippen LogP contribution in [0.3, 0.4) is 0 Å². The third kappa shape index (κ3) is 5.50. The largest absolute Gasteiger partial charge is 0.402 e. The molecule has 0 radical (unpaired) electrons.